The number of halogens is 3. The van der Waals surface area contributed by atoms with Crippen LogP contribution in [0, 0.1) is 25.5 Å². The molecule has 69 heavy (non-hydrogen) atoms. The van der Waals surface area contributed by atoms with E-state index in [0.29, 0.717) is 21.7 Å². The lowest BCUT2D eigenvalue weighted by Crippen LogP contribution is -2.36. The molecule has 2 saturated heterocycles. The Hall–Kier alpha value is -6.17. The number of benzene rings is 2. The van der Waals surface area contributed by atoms with Crippen LogP contribution in [0.1, 0.15) is 11.1 Å². The first-order chi connectivity index (χ1) is 33.8. The summed E-state index contributed by atoms with van der Waals surface area (Å²) in [6.45, 7) is 12.6. The molecule has 2 fully saturated rings. The van der Waals surface area contributed by atoms with Gasteiger partial charge in [-0.1, -0.05) is 23.7 Å². The molecule has 352 valence electrons. The first-order valence-corrected chi connectivity index (χ1v) is 25.2. The summed E-state index contributed by atoms with van der Waals surface area (Å²) < 4.78 is 38.4. The van der Waals surface area contributed by atoms with Crippen molar-refractivity contribution >= 4 is 85.4 Å². The van der Waals surface area contributed by atoms with Crippen LogP contribution in [-0.2, 0) is 9.47 Å². The highest BCUT2D eigenvalue weighted by atomic mass is 35.5. The Morgan fingerprint density at radius 3 is 1.80 bits per heavy atom. The maximum absolute atomic E-state index is 14.2. The van der Waals surface area contributed by atoms with E-state index in [0.717, 1.165) is 143 Å². The van der Waals surface area contributed by atoms with E-state index in [2.05, 4.69) is 59.0 Å². The fourth-order valence-electron chi connectivity index (χ4n) is 8.79. The molecular formula is C52H49ClF2N10O2S2. The Bertz CT molecular complexity index is 3110. The van der Waals surface area contributed by atoms with Crippen molar-refractivity contribution < 1.29 is 18.3 Å². The summed E-state index contributed by atoms with van der Waals surface area (Å²) in [4.78, 5) is 34.4. The Morgan fingerprint density at radius 1 is 0.609 bits per heavy atom. The summed E-state index contributed by atoms with van der Waals surface area (Å²) in [5, 5.41) is 7.80. The maximum atomic E-state index is 14.2. The van der Waals surface area contributed by atoms with Crippen molar-refractivity contribution in [3.63, 3.8) is 0 Å². The summed E-state index contributed by atoms with van der Waals surface area (Å²) >= 11 is 9.94. The number of anilines is 5. The molecule has 12 nitrogen and oxygen atoms in total. The second-order valence-corrected chi connectivity index (χ2v) is 19.2. The lowest BCUT2D eigenvalue weighted by Gasteiger charge is -2.35. The van der Waals surface area contributed by atoms with Crippen LogP contribution in [0.25, 0.3) is 44.6 Å². The first kappa shape index (κ1) is 46.6. The molecule has 2 aromatic carbocycles. The second kappa shape index (κ2) is 21.2. The van der Waals surface area contributed by atoms with Crippen molar-refractivity contribution in [2.75, 3.05) is 97.2 Å². The fraction of sp³-hybridized carbons (Fsp3) is 0.269. The van der Waals surface area contributed by atoms with Gasteiger partial charge >= 0.3 is 0 Å². The van der Waals surface area contributed by atoms with Crippen LogP contribution in [0.2, 0.25) is 5.02 Å². The molecule has 6 aromatic heterocycles. The van der Waals surface area contributed by atoms with Crippen LogP contribution >= 0.6 is 35.1 Å². The zero-order valence-electron chi connectivity index (χ0n) is 38.2. The molecule has 0 atom stereocenters. The average molecular weight is 984 g/mol. The Kier molecular flexibility index (Phi) is 14.3. The first-order valence-electron chi connectivity index (χ1n) is 22.9. The largest absolute Gasteiger partial charge is 0.382 e. The summed E-state index contributed by atoms with van der Waals surface area (Å²) in [5.74, 6) is 1.40. The van der Waals surface area contributed by atoms with Gasteiger partial charge in [-0.2, -0.15) is 0 Å². The molecule has 0 bridgehead atoms. The molecule has 10 heterocycles. The van der Waals surface area contributed by atoms with E-state index in [4.69, 9.17) is 31.0 Å². The molecule has 0 unspecified atom stereocenters. The number of nitrogens with one attached hydrogen (secondary N) is 1. The van der Waals surface area contributed by atoms with E-state index in [9.17, 15) is 8.78 Å². The molecule has 12 rings (SSSR count). The van der Waals surface area contributed by atoms with Gasteiger partial charge < -0.3 is 29.5 Å². The predicted molar refractivity (Wildman–Crippen MR) is 276 cm³/mol. The normalized spacial score (nSPS) is 15.6. The third-order valence-electron chi connectivity index (χ3n) is 12.3. The minimum atomic E-state index is -0.327. The molecule has 1 N–H and O–H groups in total. The highest BCUT2D eigenvalue weighted by Gasteiger charge is 2.27. The zero-order valence-corrected chi connectivity index (χ0v) is 40.6. The molecule has 0 radical (unpaired) electrons. The summed E-state index contributed by atoms with van der Waals surface area (Å²) in [6.07, 6.45) is 7.40. The van der Waals surface area contributed by atoms with Crippen LogP contribution < -0.4 is 20.0 Å². The van der Waals surface area contributed by atoms with Crippen molar-refractivity contribution in [2.45, 2.75) is 23.9 Å². The van der Waals surface area contributed by atoms with Gasteiger partial charge in [-0.15, -0.1) is 23.5 Å². The number of ether oxygens (including phenoxy) is 2. The maximum Gasteiger partial charge on any atom is 0.125 e. The second-order valence-electron chi connectivity index (χ2n) is 16.6. The highest BCUT2D eigenvalue weighted by Crippen LogP contribution is 2.45. The molecule has 0 spiro atoms. The van der Waals surface area contributed by atoms with Crippen LogP contribution in [-0.4, -0.2) is 107 Å². The average Bonchev–Trinajstić information content (AvgIpc) is 3.40. The van der Waals surface area contributed by atoms with Crippen LogP contribution in [0.15, 0.2) is 120 Å². The summed E-state index contributed by atoms with van der Waals surface area (Å²) in [5.41, 5.74) is 11.6. The van der Waals surface area contributed by atoms with Gasteiger partial charge in [0, 0.05) is 91.6 Å². The fourth-order valence-corrected chi connectivity index (χ4v) is 10.8. The SMILES string of the molecule is Cc1c(-c2ccccn2)nc2cc(F)ccc2c1Cl.Cc1c(-c2ccccn2)nc2cc(F)ccc2c1N1CCSc2ncc(N3CCOCC3)cc21.c1nc2c(cc1N1CCOCC1)NCCS2. The van der Waals surface area contributed by atoms with Crippen LogP contribution in [0.3, 0.4) is 0 Å². The molecular weight excluding hydrogens is 934 g/mol. The van der Waals surface area contributed by atoms with Crippen molar-refractivity contribution in [3.8, 4) is 22.8 Å². The van der Waals surface area contributed by atoms with E-state index in [1.807, 2.05) is 73.5 Å². The van der Waals surface area contributed by atoms with E-state index in [1.165, 1.54) is 35.6 Å². The van der Waals surface area contributed by atoms with E-state index in [1.54, 1.807) is 30.2 Å². The van der Waals surface area contributed by atoms with Gasteiger partial charge in [0.1, 0.15) is 21.7 Å². The lowest BCUT2D eigenvalue weighted by atomic mass is 10.0. The van der Waals surface area contributed by atoms with Gasteiger partial charge in [0.15, 0.2) is 0 Å². The molecule has 8 aromatic rings. The number of morpholine rings is 2. The number of nitrogens with zero attached hydrogens (tertiary/aromatic N) is 9. The summed E-state index contributed by atoms with van der Waals surface area (Å²) in [7, 11) is 0. The van der Waals surface area contributed by atoms with Gasteiger partial charge in [0.05, 0.1) is 106 Å². The molecule has 0 saturated carbocycles. The predicted octanol–water partition coefficient (Wildman–Crippen LogP) is 11.1. The molecule has 0 amide bonds. The standard InChI is InChI=1S/C26H24FN5OS.C15H10ClFN2.C11H15N3OS/c1-17-24(21-4-2-3-7-28-21)30-22-14-18(27)5-6-20(22)25(17)32-10-13-34-26-23(32)15-19(16-29-26)31-8-11-33-12-9-31;1-9-14(16)11-6-5-10(17)8-13(11)19-15(9)12-4-2-3-7-18-12;1-6-16-11-10(12-1)7-9(8-13-11)14-2-4-15-5-3-14/h2-7,14-16H,8-13H2,1H3;2-8H,1H3;7-8,12H,1-6H2. The van der Waals surface area contributed by atoms with Crippen LogP contribution in [0.4, 0.5) is 37.2 Å². The van der Waals surface area contributed by atoms with Crippen molar-refractivity contribution in [2.24, 2.45) is 0 Å². The van der Waals surface area contributed by atoms with Crippen molar-refractivity contribution in [3.05, 3.63) is 138 Å². The quantitative estimate of drug-likeness (QED) is 0.176. The molecule has 4 aliphatic rings. The Labute approximate surface area is 412 Å². The van der Waals surface area contributed by atoms with Gasteiger partial charge in [-0.05, 0) is 80.1 Å². The lowest BCUT2D eigenvalue weighted by molar-refractivity contribution is 0.122. The highest BCUT2D eigenvalue weighted by molar-refractivity contribution is 7.99. The Morgan fingerprint density at radius 2 is 1.17 bits per heavy atom. The molecule has 0 aliphatic carbocycles. The number of fused-ring (bicyclic) bond motifs is 4. The van der Waals surface area contributed by atoms with Crippen LogP contribution in [0.5, 0.6) is 0 Å². The minimum Gasteiger partial charge on any atom is -0.382 e. The minimum absolute atomic E-state index is 0.298. The third-order valence-corrected chi connectivity index (χ3v) is 14.7. The summed E-state index contributed by atoms with van der Waals surface area (Å²) in [6, 6.07) is 25.1. The van der Waals surface area contributed by atoms with Gasteiger partial charge in [0.2, 0.25) is 0 Å². The van der Waals surface area contributed by atoms with E-state index in [-0.39, 0.29) is 11.6 Å². The number of hydrogen-bond acceptors (Lipinski definition) is 14. The number of hydrogen-bond donors (Lipinski definition) is 1. The van der Waals surface area contributed by atoms with E-state index < -0.39 is 0 Å². The number of pyridine rings is 6. The third kappa shape index (κ3) is 10.3. The topological polar surface area (TPSA) is 118 Å². The number of aromatic nitrogens is 6. The zero-order chi connectivity index (χ0) is 47.3. The number of rotatable bonds is 5. The molecule has 17 heteroatoms. The van der Waals surface area contributed by atoms with Crippen molar-refractivity contribution in [1.29, 1.82) is 0 Å². The van der Waals surface area contributed by atoms with E-state index >= 15 is 0 Å². The monoisotopic (exact) mass is 982 g/mol. The van der Waals surface area contributed by atoms with Gasteiger partial charge in [-0.3, -0.25) is 9.97 Å². The number of thioether (sulfide) groups is 2. The Balaban J connectivity index is 0.000000133. The molecule has 4 aliphatic heterocycles. The van der Waals surface area contributed by atoms with Gasteiger partial charge in [0.25, 0.3) is 0 Å². The van der Waals surface area contributed by atoms with Gasteiger partial charge in [-0.25, -0.2) is 28.7 Å². The smallest absolute Gasteiger partial charge is 0.125 e. The van der Waals surface area contributed by atoms with Crippen molar-refractivity contribution in [1.82, 2.24) is 29.9 Å².